The van der Waals surface area contributed by atoms with Gasteiger partial charge < -0.3 is 14.8 Å². The third kappa shape index (κ3) is 5.02. The molecule has 4 rings (SSSR count). The number of thiophene rings is 1. The average Bonchev–Trinajstić information content (AvgIpc) is 3.16. The molecule has 0 aliphatic rings. The van der Waals surface area contributed by atoms with Crippen molar-refractivity contribution in [2.75, 3.05) is 19.0 Å². The lowest BCUT2D eigenvalue weighted by atomic mass is 10.2. The molecule has 2 heterocycles. The SMILES string of the molecule is COc1ccccc1NC(=O)c1sc2ncn(CCCOc3ccc(Cl)cc3)c(=O)c2c1C. The Bertz CT molecular complexity index is 1350. The van der Waals surface area contributed by atoms with E-state index in [1.807, 2.05) is 12.1 Å². The number of benzene rings is 2. The zero-order valence-electron chi connectivity index (χ0n) is 18.1. The van der Waals surface area contributed by atoms with Crippen LogP contribution in [-0.2, 0) is 6.54 Å². The predicted octanol–water partition coefficient (Wildman–Crippen LogP) is 5.15. The van der Waals surface area contributed by atoms with Crippen molar-refractivity contribution < 1.29 is 14.3 Å². The van der Waals surface area contributed by atoms with Crippen LogP contribution in [0.5, 0.6) is 11.5 Å². The number of rotatable bonds is 8. The maximum Gasteiger partial charge on any atom is 0.266 e. The van der Waals surface area contributed by atoms with Gasteiger partial charge in [-0.15, -0.1) is 11.3 Å². The Morgan fingerprint density at radius 1 is 1.18 bits per heavy atom. The third-order valence-electron chi connectivity index (χ3n) is 5.10. The molecule has 0 spiro atoms. The minimum Gasteiger partial charge on any atom is -0.495 e. The first kappa shape index (κ1) is 22.8. The van der Waals surface area contributed by atoms with Gasteiger partial charge in [0.05, 0.1) is 36.0 Å². The largest absolute Gasteiger partial charge is 0.495 e. The molecule has 0 saturated carbocycles. The van der Waals surface area contributed by atoms with Crippen LogP contribution in [0, 0.1) is 6.92 Å². The van der Waals surface area contributed by atoms with Crippen LogP contribution in [0.2, 0.25) is 5.02 Å². The van der Waals surface area contributed by atoms with Crippen molar-refractivity contribution in [2.45, 2.75) is 19.9 Å². The Kier molecular flexibility index (Phi) is 6.96. The number of nitrogens with one attached hydrogen (secondary N) is 1. The Labute approximate surface area is 199 Å². The van der Waals surface area contributed by atoms with E-state index in [1.54, 1.807) is 55.0 Å². The van der Waals surface area contributed by atoms with Gasteiger partial charge in [0.2, 0.25) is 0 Å². The number of hydrogen-bond acceptors (Lipinski definition) is 6. The first-order chi connectivity index (χ1) is 16.0. The van der Waals surface area contributed by atoms with Gasteiger partial charge in [-0.05, 0) is 55.3 Å². The zero-order chi connectivity index (χ0) is 23.4. The smallest absolute Gasteiger partial charge is 0.266 e. The summed E-state index contributed by atoms with van der Waals surface area (Å²) in [6.07, 6.45) is 2.14. The Morgan fingerprint density at radius 2 is 1.94 bits per heavy atom. The lowest BCUT2D eigenvalue weighted by Gasteiger charge is -2.09. The number of aromatic nitrogens is 2. The molecule has 0 atom stereocenters. The van der Waals surface area contributed by atoms with Gasteiger partial charge in [0.1, 0.15) is 16.3 Å². The summed E-state index contributed by atoms with van der Waals surface area (Å²) in [4.78, 5) is 31.4. The predicted molar refractivity (Wildman–Crippen MR) is 131 cm³/mol. The number of halogens is 1. The van der Waals surface area contributed by atoms with Crippen molar-refractivity contribution in [2.24, 2.45) is 0 Å². The van der Waals surface area contributed by atoms with Crippen LogP contribution in [0.4, 0.5) is 5.69 Å². The summed E-state index contributed by atoms with van der Waals surface area (Å²) in [5.41, 5.74) is 1.01. The summed E-state index contributed by atoms with van der Waals surface area (Å²) in [5, 5.41) is 3.97. The van der Waals surface area contributed by atoms with Crippen LogP contribution in [0.25, 0.3) is 10.2 Å². The van der Waals surface area contributed by atoms with Crippen LogP contribution in [-0.4, -0.2) is 29.2 Å². The van der Waals surface area contributed by atoms with Crippen LogP contribution >= 0.6 is 22.9 Å². The fourth-order valence-electron chi connectivity index (χ4n) is 3.42. The highest BCUT2D eigenvalue weighted by Crippen LogP contribution is 2.29. The van der Waals surface area contributed by atoms with E-state index in [4.69, 9.17) is 21.1 Å². The number of amides is 1. The number of methoxy groups -OCH3 is 1. The molecule has 1 N–H and O–H groups in total. The third-order valence-corrected chi connectivity index (χ3v) is 6.55. The molecular weight excluding hydrogens is 462 g/mol. The van der Waals surface area contributed by atoms with E-state index >= 15 is 0 Å². The van der Waals surface area contributed by atoms with E-state index in [0.29, 0.717) is 56.7 Å². The number of carbonyl (C=O) groups excluding carboxylic acids is 1. The number of nitrogens with zero attached hydrogens (tertiary/aromatic N) is 2. The molecule has 7 nitrogen and oxygen atoms in total. The first-order valence-corrected chi connectivity index (χ1v) is 11.5. The van der Waals surface area contributed by atoms with Gasteiger partial charge in [-0.3, -0.25) is 14.2 Å². The number of hydrogen-bond donors (Lipinski definition) is 1. The molecule has 4 aromatic rings. The van der Waals surface area contributed by atoms with Crippen molar-refractivity contribution in [3.8, 4) is 11.5 Å². The molecular formula is C24H22ClN3O4S. The second-order valence-electron chi connectivity index (χ2n) is 7.29. The second kappa shape index (κ2) is 10.1. The summed E-state index contributed by atoms with van der Waals surface area (Å²) in [5.74, 6) is 0.980. The van der Waals surface area contributed by atoms with E-state index in [9.17, 15) is 9.59 Å². The quantitative estimate of drug-likeness (QED) is 0.350. The molecule has 0 radical (unpaired) electrons. The molecule has 0 bridgehead atoms. The van der Waals surface area contributed by atoms with Gasteiger partial charge >= 0.3 is 0 Å². The molecule has 2 aromatic carbocycles. The van der Waals surface area contributed by atoms with E-state index in [0.717, 1.165) is 5.75 Å². The normalized spacial score (nSPS) is 10.9. The molecule has 2 aromatic heterocycles. The first-order valence-electron chi connectivity index (χ1n) is 10.3. The summed E-state index contributed by atoms with van der Waals surface area (Å²) in [6.45, 7) is 2.67. The minimum absolute atomic E-state index is 0.170. The number of ether oxygens (including phenoxy) is 2. The monoisotopic (exact) mass is 483 g/mol. The van der Waals surface area contributed by atoms with Gasteiger partial charge in [0.25, 0.3) is 11.5 Å². The highest BCUT2D eigenvalue weighted by Gasteiger charge is 2.20. The number of aryl methyl sites for hydroxylation is 2. The van der Waals surface area contributed by atoms with Gasteiger partial charge in [-0.1, -0.05) is 23.7 Å². The number of carbonyl (C=O) groups is 1. The van der Waals surface area contributed by atoms with Crippen LogP contribution in [0.15, 0.2) is 59.7 Å². The zero-order valence-corrected chi connectivity index (χ0v) is 19.7. The van der Waals surface area contributed by atoms with E-state index in [2.05, 4.69) is 10.3 Å². The molecule has 1 amide bonds. The van der Waals surface area contributed by atoms with E-state index < -0.39 is 0 Å². The van der Waals surface area contributed by atoms with Gasteiger partial charge in [0, 0.05) is 11.6 Å². The van der Waals surface area contributed by atoms with Crippen molar-refractivity contribution in [1.82, 2.24) is 9.55 Å². The Hall–Kier alpha value is -3.36. The molecule has 0 aliphatic heterocycles. The lowest BCUT2D eigenvalue weighted by Crippen LogP contribution is -2.21. The highest BCUT2D eigenvalue weighted by atomic mass is 35.5. The molecule has 0 aliphatic carbocycles. The summed E-state index contributed by atoms with van der Waals surface area (Å²) >= 11 is 7.08. The maximum absolute atomic E-state index is 13.1. The van der Waals surface area contributed by atoms with Crippen molar-refractivity contribution in [1.29, 1.82) is 0 Å². The standard InChI is InChI=1S/C24H22ClN3O4S/c1-15-20-23(33-21(15)22(29)27-18-6-3-4-7-19(18)31-2)26-14-28(24(20)30)12-5-13-32-17-10-8-16(25)9-11-17/h3-4,6-11,14H,5,12-13H2,1-2H3,(H,27,29). The maximum atomic E-state index is 13.1. The van der Waals surface area contributed by atoms with Crippen molar-refractivity contribution in [3.05, 3.63) is 80.7 Å². The number of para-hydroxylation sites is 2. The molecule has 0 unspecified atom stereocenters. The Balaban J connectivity index is 1.48. The molecule has 9 heteroatoms. The van der Waals surface area contributed by atoms with Gasteiger partial charge in [-0.2, -0.15) is 0 Å². The van der Waals surface area contributed by atoms with Gasteiger partial charge in [0.15, 0.2) is 0 Å². The summed E-state index contributed by atoms with van der Waals surface area (Å²) in [7, 11) is 1.54. The molecule has 0 saturated heterocycles. The van der Waals surface area contributed by atoms with Crippen molar-refractivity contribution >= 4 is 44.7 Å². The fraction of sp³-hybridized carbons (Fsp3) is 0.208. The average molecular weight is 484 g/mol. The lowest BCUT2D eigenvalue weighted by molar-refractivity contribution is 0.102. The van der Waals surface area contributed by atoms with E-state index in [1.165, 1.54) is 17.7 Å². The summed E-state index contributed by atoms with van der Waals surface area (Å²) < 4.78 is 12.5. The van der Waals surface area contributed by atoms with E-state index in [-0.39, 0.29) is 11.5 Å². The Morgan fingerprint density at radius 3 is 2.70 bits per heavy atom. The fourth-order valence-corrected chi connectivity index (χ4v) is 4.58. The minimum atomic E-state index is -0.303. The molecule has 170 valence electrons. The summed E-state index contributed by atoms with van der Waals surface area (Å²) in [6, 6.07) is 14.3. The number of anilines is 1. The van der Waals surface area contributed by atoms with Crippen LogP contribution in [0.1, 0.15) is 21.7 Å². The van der Waals surface area contributed by atoms with Gasteiger partial charge in [-0.25, -0.2) is 4.98 Å². The van der Waals surface area contributed by atoms with Crippen LogP contribution < -0.4 is 20.3 Å². The van der Waals surface area contributed by atoms with Crippen LogP contribution in [0.3, 0.4) is 0 Å². The number of fused-ring (bicyclic) bond motifs is 1. The second-order valence-corrected chi connectivity index (χ2v) is 8.73. The molecule has 0 fully saturated rings. The molecule has 33 heavy (non-hydrogen) atoms. The highest BCUT2D eigenvalue weighted by molar-refractivity contribution is 7.20. The van der Waals surface area contributed by atoms with Crippen molar-refractivity contribution in [3.63, 3.8) is 0 Å². The topological polar surface area (TPSA) is 82.4 Å².